The van der Waals surface area contributed by atoms with Crippen LogP contribution in [0.5, 0.6) is 5.75 Å². The zero-order valence-corrected chi connectivity index (χ0v) is 13.2. The van der Waals surface area contributed by atoms with E-state index in [0.29, 0.717) is 18.0 Å². The summed E-state index contributed by atoms with van der Waals surface area (Å²) >= 11 is 0. The number of primary sulfonamides is 1. The molecule has 1 amide bonds. The number of ether oxygens (including phenoxy) is 1. The van der Waals surface area contributed by atoms with Gasteiger partial charge in [-0.2, -0.15) is 0 Å². The molecule has 0 saturated heterocycles. The Labute approximate surface area is 124 Å². The quantitative estimate of drug-likeness (QED) is 0.918. The molecule has 0 bridgehead atoms. The molecule has 1 aromatic rings. The summed E-state index contributed by atoms with van der Waals surface area (Å²) in [5.41, 5.74) is 0.00783. The van der Waals surface area contributed by atoms with Crippen LogP contribution in [0.2, 0.25) is 0 Å². The van der Waals surface area contributed by atoms with Crippen LogP contribution in [0.15, 0.2) is 23.1 Å². The molecule has 1 aromatic carbocycles. The van der Waals surface area contributed by atoms with Crippen LogP contribution in [0.3, 0.4) is 0 Å². The van der Waals surface area contributed by atoms with Crippen molar-refractivity contribution < 1.29 is 17.9 Å². The number of rotatable bonds is 3. The summed E-state index contributed by atoms with van der Waals surface area (Å²) in [4.78, 5) is 13.5. The van der Waals surface area contributed by atoms with E-state index in [-0.39, 0.29) is 10.8 Å². The minimum Gasteiger partial charge on any atom is -0.483 e. The highest BCUT2D eigenvalue weighted by atomic mass is 32.2. The van der Waals surface area contributed by atoms with Gasteiger partial charge in [-0.25, -0.2) is 13.6 Å². The Balaban J connectivity index is 2.58. The van der Waals surface area contributed by atoms with Crippen molar-refractivity contribution >= 4 is 21.6 Å². The summed E-state index contributed by atoms with van der Waals surface area (Å²) in [5, 5.41) is 5.15. The SMILES string of the molecule is CCC1(CC)CN(C(C)=O)c2cc(S(N)(=O)=O)ccc2O1. The number of carbonyl (C=O) groups is 1. The third-order valence-corrected chi connectivity index (χ3v) is 4.90. The van der Waals surface area contributed by atoms with Crippen molar-refractivity contribution in [1.82, 2.24) is 0 Å². The Morgan fingerprint density at radius 2 is 2.00 bits per heavy atom. The maximum Gasteiger partial charge on any atom is 0.238 e. The fourth-order valence-electron chi connectivity index (χ4n) is 2.51. The Bertz CT molecular complexity index is 666. The molecule has 0 saturated carbocycles. The highest BCUT2D eigenvalue weighted by Gasteiger charge is 2.38. The molecule has 0 unspecified atom stereocenters. The molecule has 0 radical (unpaired) electrons. The number of nitrogens with zero attached hydrogens (tertiary/aromatic N) is 1. The molecule has 6 nitrogen and oxygen atoms in total. The molecule has 1 aliphatic rings. The van der Waals surface area contributed by atoms with Crippen molar-refractivity contribution in [2.45, 2.75) is 44.1 Å². The van der Waals surface area contributed by atoms with E-state index < -0.39 is 15.6 Å². The lowest BCUT2D eigenvalue weighted by atomic mass is 9.94. The van der Waals surface area contributed by atoms with Gasteiger partial charge in [0.15, 0.2) is 0 Å². The monoisotopic (exact) mass is 312 g/mol. The van der Waals surface area contributed by atoms with Gasteiger partial charge >= 0.3 is 0 Å². The zero-order chi connectivity index (χ0) is 15.8. The van der Waals surface area contributed by atoms with E-state index in [1.807, 2.05) is 13.8 Å². The lowest BCUT2D eigenvalue weighted by Crippen LogP contribution is -2.51. The van der Waals surface area contributed by atoms with Crippen LogP contribution >= 0.6 is 0 Å². The van der Waals surface area contributed by atoms with Gasteiger partial charge in [-0.3, -0.25) is 4.79 Å². The lowest BCUT2D eigenvalue weighted by molar-refractivity contribution is -0.117. The summed E-state index contributed by atoms with van der Waals surface area (Å²) in [6.45, 7) is 5.86. The number of hydrogen-bond acceptors (Lipinski definition) is 4. The topological polar surface area (TPSA) is 89.7 Å². The van der Waals surface area contributed by atoms with E-state index in [9.17, 15) is 13.2 Å². The van der Waals surface area contributed by atoms with Gasteiger partial charge in [0.1, 0.15) is 11.4 Å². The number of anilines is 1. The van der Waals surface area contributed by atoms with E-state index in [0.717, 1.165) is 12.8 Å². The van der Waals surface area contributed by atoms with E-state index in [1.54, 1.807) is 11.0 Å². The number of hydrogen-bond donors (Lipinski definition) is 1. The summed E-state index contributed by atoms with van der Waals surface area (Å²) < 4.78 is 29.0. The first-order chi connectivity index (χ1) is 9.72. The van der Waals surface area contributed by atoms with Crippen LogP contribution in [0, 0.1) is 0 Å². The maximum atomic E-state index is 11.9. The summed E-state index contributed by atoms with van der Waals surface area (Å²) in [7, 11) is -3.82. The van der Waals surface area contributed by atoms with E-state index >= 15 is 0 Å². The van der Waals surface area contributed by atoms with Crippen LogP contribution in [0.4, 0.5) is 5.69 Å². The molecular formula is C14H20N2O4S. The second-order valence-electron chi connectivity index (χ2n) is 5.27. The van der Waals surface area contributed by atoms with Gasteiger partial charge in [0, 0.05) is 6.92 Å². The maximum absolute atomic E-state index is 11.9. The molecule has 0 fully saturated rings. The van der Waals surface area contributed by atoms with Gasteiger partial charge in [-0.05, 0) is 31.0 Å². The van der Waals surface area contributed by atoms with Gasteiger partial charge in [-0.15, -0.1) is 0 Å². The first kappa shape index (κ1) is 15.8. The highest BCUT2D eigenvalue weighted by Crippen LogP contribution is 2.40. The minimum absolute atomic E-state index is 0.0309. The van der Waals surface area contributed by atoms with E-state index in [4.69, 9.17) is 9.88 Å². The molecule has 0 aromatic heterocycles. The highest BCUT2D eigenvalue weighted by molar-refractivity contribution is 7.89. The second-order valence-corrected chi connectivity index (χ2v) is 6.83. The number of benzene rings is 1. The molecule has 0 spiro atoms. The molecule has 21 heavy (non-hydrogen) atoms. The Morgan fingerprint density at radius 1 is 1.38 bits per heavy atom. The van der Waals surface area contributed by atoms with E-state index in [2.05, 4.69) is 0 Å². The molecule has 2 rings (SSSR count). The Kier molecular flexibility index (Phi) is 3.99. The Morgan fingerprint density at radius 3 is 2.48 bits per heavy atom. The number of nitrogens with two attached hydrogens (primary N) is 1. The molecule has 2 N–H and O–H groups in total. The number of carbonyl (C=O) groups excluding carboxylic acids is 1. The summed E-state index contributed by atoms with van der Waals surface area (Å²) in [6.07, 6.45) is 1.51. The van der Waals surface area contributed by atoms with Crippen LogP contribution in [0.25, 0.3) is 0 Å². The van der Waals surface area contributed by atoms with Gasteiger partial charge < -0.3 is 9.64 Å². The van der Waals surface area contributed by atoms with Gasteiger partial charge in [0.25, 0.3) is 0 Å². The fourth-order valence-corrected chi connectivity index (χ4v) is 3.04. The third kappa shape index (κ3) is 2.89. The standard InChI is InChI=1S/C14H20N2O4S/c1-4-14(5-2)9-16(10(3)17)12-8-11(21(15,18)19)6-7-13(12)20-14/h6-8H,4-5,9H2,1-3H3,(H2,15,18,19). The van der Waals surface area contributed by atoms with Crippen LogP contribution < -0.4 is 14.8 Å². The summed E-state index contributed by atoms with van der Waals surface area (Å²) in [5.74, 6) is 0.352. The average molecular weight is 312 g/mol. The van der Waals surface area contributed by atoms with Crippen LogP contribution in [-0.4, -0.2) is 26.5 Å². The van der Waals surface area contributed by atoms with Gasteiger partial charge in [0.05, 0.1) is 17.1 Å². The largest absolute Gasteiger partial charge is 0.483 e. The molecule has 1 aliphatic heterocycles. The number of sulfonamides is 1. The molecule has 7 heteroatoms. The normalized spacial score (nSPS) is 17.0. The number of amides is 1. The smallest absolute Gasteiger partial charge is 0.238 e. The number of fused-ring (bicyclic) bond motifs is 1. The van der Waals surface area contributed by atoms with Gasteiger partial charge in [0.2, 0.25) is 15.9 Å². The van der Waals surface area contributed by atoms with Crippen LogP contribution in [-0.2, 0) is 14.8 Å². The predicted molar refractivity (Wildman–Crippen MR) is 79.8 cm³/mol. The van der Waals surface area contributed by atoms with E-state index in [1.165, 1.54) is 19.1 Å². The molecule has 116 valence electrons. The van der Waals surface area contributed by atoms with Crippen molar-refractivity contribution in [2.24, 2.45) is 5.14 Å². The Hall–Kier alpha value is -1.60. The third-order valence-electron chi connectivity index (χ3n) is 3.99. The van der Waals surface area contributed by atoms with Crippen molar-refractivity contribution in [1.29, 1.82) is 0 Å². The van der Waals surface area contributed by atoms with Gasteiger partial charge in [-0.1, -0.05) is 13.8 Å². The second kappa shape index (κ2) is 5.31. The van der Waals surface area contributed by atoms with Crippen molar-refractivity contribution in [3.05, 3.63) is 18.2 Å². The molecule has 0 aliphatic carbocycles. The predicted octanol–water partition coefficient (Wildman–Crippen LogP) is 1.64. The lowest BCUT2D eigenvalue weighted by Gasteiger charge is -2.43. The first-order valence-electron chi connectivity index (χ1n) is 6.86. The van der Waals surface area contributed by atoms with Crippen molar-refractivity contribution in [3.63, 3.8) is 0 Å². The molecule has 0 atom stereocenters. The van der Waals surface area contributed by atoms with Crippen molar-refractivity contribution in [2.75, 3.05) is 11.4 Å². The average Bonchev–Trinajstić information content (AvgIpc) is 2.44. The zero-order valence-electron chi connectivity index (χ0n) is 12.4. The minimum atomic E-state index is -3.82. The van der Waals surface area contributed by atoms with Crippen LogP contribution in [0.1, 0.15) is 33.6 Å². The fraction of sp³-hybridized carbons (Fsp3) is 0.500. The molecular weight excluding hydrogens is 292 g/mol. The summed E-state index contributed by atoms with van der Waals surface area (Å²) in [6, 6.07) is 4.35. The molecule has 1 heterocycles. The van der Waals surface area contributed by atoms with Crippen molar-refractivity contribution in [3.8, 4) is 5.75 Å². The first-order valence-corrected chi connectivity index (χ1v) is 8.41.